The summed E-state index contributed by atoms with van der Waals surface area (Å²) in [4.78, 5) is 11.3. The molecule has 3 rings (SSSR count). The Balaban J connectivity index is 2.02. The zero-order valence-electron chi connectivity index (χ0n) is 10.9. The minimum absolute atomic E-state index is 0.283. The normalized spacial score (nSPS) is 19.2. The van der Waals surface area contributed by atoms with E-state index in [0.717, 1.165) is 31.5 Å². The van der Waals surface area contributed by atoms with Gasteiger partial charge >= 0.3 is 0 Å². The van der Waals surface area contributed by atoms with Gasteiger partial charge in [0.1, 0.15) is 0 Å². The molecule has 1 aliphatic heterocycles. The van der Waals surface area contributed by atoms with Crippen LogP contribution in [-0.2, 0) is 11.3 Å². The highest BCUT2D eigenvalue weighted by Gasteiger charge is 2.17. The maximum Gasteiger partial charge on any atom is 0.252 e. The molecule has 1 atom stereocenters. The third-order valence-corrected chi connectivity index (χ3v) is 3.95. The molecule has 0 N–H and O–H groups in total. The Morgan fingerprint density at radius 2 is 2.37 bits per heavy atom. The van der Waals surface area contributed by atoms with Crippen LogP contribution in [0.1, 0.15) is 28.8 Å². The Morgan fingerprint density at radius 3 is 3.05 bits per heavy atom. The lowest BCUT2D eigenvalue weighted by Gasteiger charge is -2.11. The van der Waals surface area contributed by atoms with Crippen LogP contribution in [0.5, 0.6) is 0 Å². The van der Waals surface area contributed by atoms with Crippen LogP contribution < -0.4 is 0 Å². The molecular formula is C15H16ClNO2. The van der Waals surface area contributed by atoms with Crippen molar-refractivity contribution >= 4 is 27.7 Å². The highest BCUT2D eigenvalue weighted by atomic mass is 35.5. The van der Waals surface area contributed by atoms with Crippen LogP contribution in [0.15, 0.2) is 24.4 Å². The summed E-state index contributed by atoms with van der Waals surface area (Å²) in [5, 5.41) is 0.754. The number of halogens is 1. The van der Waals surface area contributed by atoms with Crippen molar-refractivity contribution in [1.29, 1.82) is 0 Å². The number of aryl methyl sites for hydroxylation is 1. The van der Waals surface area contributed by atoms with E-state index in [-0.39, 0.29) is 6.10 Å². The minimum atomic E-state index is -0.413. The van der Waals surface area contributed by atoms with Crippen LogP contribution >= 0.6 is 11.6 Å². The van der Waals surface area contributed by atoms with Gasteiger partial charge in [-0.05, 0) is 49.1 Å². The van der Waals surface area contributed by atoms with Gasteiger partial charge in [0.05, 0.1) is 6.10 Å². The van der Waals surface area contributed by atoms with Crippen molar-refractivity contribution in [2.75, 3.05) is 6.61 Å². The van der Waals surface area contributed by atoms with Gasteiger partial charge in [-0.2, -0.15) is 0 Å². The first-order chi connectivity index (χ1) is 9.15. The Kier molecular flexibility index (Phi) is 3.33. The van der Waals surface area contributed by atoms with E-state index < -0.39 is 5.24 Å². The van der Waals surface area contributed by atoms with Crippen molar-refractivity contribution in [3.8, 4) is 0 Å². The van der Waals surface area contributed by atoms with Gasteiger partial charge in [-0.3, -0.25) is 4.79 Å². The third kappa shape index (κ3) is 2.40. The molecule has 1 fully saturated rings. The predicted molar refractivity (Wildman–Crippen MR) is 75.8 cm³/mol. The summed E-state index contributed by atoms with van der Waals surface area (Å²) in [6.07, 6.45) is 4.64. The molecule has 1 saturated heterocycles. The maximum absolute atomic E-state index is 11.3. The van der Waals surface area contributed by atoms with Gasteiger partial charge in [0.2, 0.25) is 0 Å². The molecule has 0 spiro atoms. The van der Waals surface area contributed by atoms with Crippen LogP contribution in [-0.4, -0.2) is 22.5 Å². The van der Waals surface area contributed by atoms with E-state index in [1.165, 1.54) is 10.9 Å². The topological polar surface area (TPSA) is 31.2 Å². The second kappa shape index (κ2) is 4.99. The molecule has 1 unspecified atom stereocenters. The minimum Gasteiger partial charge on any atom is -0.376 e. The van der Waals surface area contributed by atoms with Crippen LogP contribution in [0.3, 0.4) is 0 Å². The maximum atomic E-state index is 11.3. The molecule has 3 nitrogen and oxygen atoms in total. The summed E-state index contributed by atoms with van der Waals surface area (Å²) >= 11 is 5.56. The summed E-state index contributed by atoms with van der Waals surface area (Å²) in [5.41, 5.74) is 2.81. The standard InChI is InChI=1S/C15H16ClNO2/c1-10-8-17(9-12-3-2-6-19-12)14-7-11(15(16)18)4-5-13(10)14/h4-5,7-8,12H,2-3,6,9H2,1H3. The van der Waals surface area contributed by atoms with Crippen molar-refractivity contribution < 1.29 is 9.53 Å². The number of carbonyl (C=O) groups excluding carboxylic acids is 1. The highest BCUT2D eigenvalue weighted by molar-refractivity contribution is 6.67. The van der Waals surface area contributed by atoms with Gasteiger partial charge in [0.25, 0.3) is 5.24 Å². The smallest absolute Gasteiger partial charge is 0.252 e. The molecule has 2 heterocycles. The zero-order valence-corrected chi connectivity index (χ0v) is 11.6. The van der Waals surface area contributed by atoms with Crippen molar-refractivity contribution in [3.05, 3.63) is 35.5 Å². The molecule has 0 aliphatic carbocycles. The molecule has 0 saturated carbocycles. The van der Waals surface area contributed by atoms with E-state index in [0.29, 0.717) is 5.56 Å². The SMILES string of the molecule is Cc1cn(CC2CCCO2)c2cc(C(=O)Cl)ccc12. The fourth-order valence-electron chi connectivity index (χ4n) is 2.76. The average molecular weight is 278 g/mol. The Morgan fingerprint density at radius 1 is 1.53 bits per heavy atom. The molecule has 0 radical (unpaired) electrons. The van der Waals surface area contributed by atoms with Gasteiger partial charge in [-0.15, -0.1) is 0 Å². The van der Waals surface area contributed by atoms with Crippen LogP contribution in [0.25, 0.3) is 10.9 Å². The Hall–Kier alpha value is -1.32. The second-order valence-electron chi connectivity index (χ2n) is 5.11. The highest BCUT2D eigenvalue weighted by Crippen LogP contribution is 2.25. The number of hydrogen-bond donors (Lipinski definition) is 0. The molecule has 1 aromatic heterocycles. The molecule has 4 heteroatoms. The van der Waals surface area contributed by atoms with Crippen molar-refractivity contribution in [2.24, 2.45) is 0 Å². The summed E-state index contributed by atoms with van der Waals surface area (Å²) < 4.78 is 7.85. The van der Waals surface area contributed by atoms with Crippen molar-refractivity contribution in [2.45, 2.75) is 32.4 Å². The van der Waals surface area contributed by atoms with E-state index in [2.05, 4.69) is 17.7 Å². The van der Waals surface area contributed by atoms with E-state index in [9.17, 15) is 4.79 Å². The zero-order chi connectivity index (χ0) is 13.4. The average Bonchev–Trinajstić information content (AvgIpc) is 2.99. The number of fused-ring (bicyclic) bond motifs is 1. The molecule has 1 aliphatic rings. The van der Waals surface area contributed by atoms with Crippen LogP contribution in [0.4, 0.5) is 0 Å². The predicted octanol–water partition coefficient (Wildman–Crippen LogP) is 3.51. The fourth-order valence-corrected chi connectivity index (χ4v) is 2.87. The summed E-state index contributed by atoms with van der Waals surface area (Å²) in [5.74, 6) is 0. The van der Waals surface area contributed by atoms with Crippen molar-refractivity contribution in [1.82, 2.24) is 4.57 Å². The van der Waals surface area contributed by atoms with Gasteiger partial charge in [0.15, 0.2) is 0 Å². The monoisotopic (exact) mass is 277 g/mol. The number of aromatic nitrogens is 1. The Bertz CT molecular complexity index is 626. The lowest BCUT2D eigenvalue weighted by atomic mass is 10.1. The number of benzene rings is 1. The first-order valence-corrected chi connectivity index (χ1v) is 6.94. The van der Waals surface area contributed by atoms with Gasteiger partial charge in [-0.1, -0.05) is 6.07 Å². The molecule has 19 heavy (non-hydrogen) atoms. The molecule has 1 aromatic carbocycles. The fraction of sp³-hybridized carbons (Fsp3) is 0.400. The molecule has 2 aromatic rings. The molecule has 0 bridgehead atoms. The van der Waals surface area contributed by atoms with E-state index in [1.54, 1.807) is 6.07 Å². The van der Waals surface area contributed by atoms with Crippen LogP contribution in [0, 0.1) is 6.92 Å². The quantitative estimate of drug-likeness (QED) is 0.804. The van der Waals surface area contributed by atoms with Gasteiger partial charge in [0, 0.05) is 35.8 Å². The van der Waals surface area contributed by atoms with E-state index >= 15 is 0 Å². The first kappa shape index (κ1) is 12.7. The summed E-state index contributed by atoms with van der Waals surface area (Å²) in [7, 11) is 0. The lowest BCUT2D eigenvalue weighted by Crippen LogP contribution is -2.14. The number of ether oxygens (including phenoxy) is 1. The number of rotatable bonds is 3. The van der Waals surface area contributed by atoms with Gasteiger partial charge in [-0.25, -0.2) is 0 Å². The molecular weight excluding hydrogens is 262 g/mol. The van der Waals surface area contributed by atoms with Crippen molar-refractivity contribution in [3.63, 3.8) is 0 Å². The number of hydrogen-bond acceptors (Lipinski definition) is 2. The number of nitrogens with zero attached hydrogens (tertiary/aromatic N) is 1. The largest absolute Gasteiger partial charge is 0.376 e. The first-order valence-electron chi connectivity index (χ1n) is 6.56. The van der Waals surface area contributed by atoms with Crippen LogP contribution in [0.2, 0.25) is 0 Å². The third-order valence-electron chi connectivity index (χ3n) is 3.73. The lowest BCUT2D eigenvalue weighted by molar-refractivity contribution is 0.0980. The summed E-state index contributed by atoms with van der Waals surface area (Å²) in [6.45, 7) is 3.77. The number of carbonyl (C=O) groups is 1. The second-order valence-corrected chi connectivity index (χ2v) is 5.45. The molecule has 0 amide bonds. The van der Waals surface area contributed by atoms with Gasteiger partial charge < -0.3 is 9.30 Å². The summed E-state index contributed by atoms with van der Waals surface area (Å²) in [6, 6.07) is 5.61. The van der Waals surface area contributed by atoms with E-state index in [1.807, 2.05) is 12.1 Å². The van der Waals surface area contributed by atoms with E-state index in [4.69, 9.17) is 16.3 Å². The molecule has 100 valence electrons. The Labute approximate surface area is 117 Å².